The van der Waals surface area contributed by atoms with Gasteiger partial charge in [-0.25, -0.2) is 0 Å². The molecule has 0 aromatic heterocycles. The van der Waals surface area contributed by atoms with Crippen molar-refractivity contribution in [2.45, 2.75) is 45.6 Å². The first-order valence-electron chi connectivity index (χ1n) is 6.87. The Morgan fingerprint density at radius 3 is 2.74 bits per heavy atom. The van der Waals surface area contributed by atoms with E-state index < -0.39 is 5.60 Å². The maximum atomic E-state index is 12.5. The average Bonchev–Trinajstić information content (AvgIpc) is 2.34. The first-order chi connectivity index (χ1) is 8.97. The lowest BCUT2D eigenvalue weighted by molar-refractivity contribution is -0.132. The van der Waals surface area contributed by atoms with Crippen LogP contribution in [0.25, 0.3) is 0 Å². The Kier molecular flexibility index (Phi) is 3.69. The topological polar surface area (TPSA) is 55.6 Å². The van der Waals surface area contributed by atoms with Crippen molar-refractivity contribution < 1.29 is 9.53 Å². The van der Waals surface area contributed by atoms with Gasteiger partial charge < -0.3 is 15.4 Å². The van der Waals surface area contributed by atoms with Gasteiger partial charge in [0.2, 0.25) is 0 Å². The van der Waals surface area contributed by atoms with E-state index in [4.69, 9.17) is 10.5 Å². The van der Waals surface area contributed by atoms with Gasteiger partial charge in [-0.1, -0.05) is 25.8 Å². The lowest BCUT2D eigenvalue weighted by Crippen LogP contribution is -2.53. The van der Waals surface area contributed by atoms with Crippen LogP contribution >= 0.6 is 0 Å². The number of hydrogen-bond acceptors (Lipinski definition) is 3. The highest BCUT2D eigenvalue weighted by atomic mass is 16.5. The number of carbonyl (C=O) groups excluding carboxylic acids is 1. The quantitative estimate of drug-likeness (QED) is 0.670. The molecule has 1 amide bonds. The minimum absolute atomic E-state index is 0.0194. The summed E-state index contributed by atoms with van der Waals surface area (Å²) in [5.41, 5.74) is 6.51. The molecule has 0 aliphatic carbocycles. The standard InChI is InChI=1S/C15H22N2O2/c1-4-5-6-10-17-13-11(16)8-7-9-12(13)19-15(2,3)14(17)18/h7-9H,4-6,10,16H2,1-3H3. The van der Waals surface area contributed by atoms with E-state index in [1.54, 1.807) is 24.8 Å². The zero-order valence-corrected chi connectivity index (χ0v) is 11.9. The lowest BCUT2D eigenvalue weighted by atomic mass is 10.0. The predicted molar refractivity (Wildman–Crippen MR) is 77.4 cm³/mol. The normalized spacial score (nSPS) is 17.0. The monoisotopic (exact) mass is 262 g/mol. The highest BCUT2D eigenvalue weighted by molar-refractivity contribution is 6.04. The molecule has 0 saturated carbocycles. The molecule has 1 aromatic carbocycles. The molecule has 1 heterocycles. The van der Waals surface area contributed by atoms with Gasteiger partial charge in [0.05, 0.1) is 5.69 Å². The van der Waals surface area contributed by atoms with Crippen LogP contribution < -0.4 is 15.4 Å². The lowest BCUT2D eigenvalue weighted by Gasteiger charge is -2.39. The van der Waals surface area contributed by atoms with Crippen LogP contribution in [-0.2, 0) is 4.79 Å². The van der Waals surface area contributed by atoms with E-state index >= 15 is 0 Å². The molecule has 0 spiro atoms. The van der Waals surface area contributed by atoms with E-state index in [0.717, 1.165) is 24.9 Å². The number of hydrogen-bond donors (Lipinski definition) is 1. The molecule has 1 aromatic rings. The highest BCUT2D eigenvalue weighted by Gasteiger charge is 2.41. The number of unbranched alkanes of at least 4 members (excludes halogenated alkanes) is 2. The number of nitrogen functional groups attached to an aromatic ring is 1. The van der Waals surface area contributed by atoms with Crippen molar-refractivity contribution in [2.24, 2.45) is 0 Å². The fourth-order valence-electron chi connectivity index (χ4n) is 2.39. The third kappa shape index (κ3) is 2.53. The smallest absolute Gasteiger partial charge is 0.270 e. The van der Waals surface area contributed by atoms with Gasteiger partial charge >= 0.3 is 0 Å². The summed E-state index contributed by atoms with van der Waals surface area (Å²) >= 11 is 0. The largest absolute Gasteiger partial charge is 0.476 e. The van der Waals surface area contributed by atoms with Gasteiger partial charge in [-0.15, -0.1) is 0 Å². The summed E-state index contributed by atoms with van der Waals surface area (Å²) in [7, 11) is 0. The second kappa shape index (κ2) is 5.11. The van der Waals surface area contributed by atoms with Gasteiger partial charge in [0.25, 0.3) is 5.91 Å². The van der Waals surface area contributed by atoms with Crippen LogP contribution in [0.15, 0.2) is 18.2 Å². The summed E-state index contributed by atoms with van der Waals surface area (Å²) in [5.74, 6) is 0.676. The molecule has 4 heteroatoms. The molecule has 4 nitrogen and oxygen atoms in total. The number of nitrogens with two attached hydrogens (primary N) is 1. The van der Waals surface area contributed by atoms with E-state index in [1.807, 2.05) is 12.1 Å². The van der Waals surface area contributed by atoms with Crippen molar-refractivity contribution in [3.05, 3.63) is 18.2 Å². The molecule has 104 valence electrons. The van der Waals surface area contributed by atoms with E-state index in [-0.39, 0.29) is 5.91 Å². The summed E-state index contributed by atoms with van der Waals surface area (Å²) in [4.78, 5) is 14.3. The van der Waals surface area contributed by atoms with Gasteiger partial charge in [0, 0.05) is 6.54 Å². The summed E-state index contributed by atoms with van der Waals surface area (Å²) in [6.45, 7) is 6.44. The van der Waals surface area contributed by atoms with Crippen molar-refractivity contribution in [3.8, 4) is 5.75 Å². The van der Waals surface area contributed by atoms with Crippen LogP contribution in [-0.4, -0.2) is 18.1 Å². The first kappa shape index (κ1) is 13.7. The van der Waals surface area contributed by atoms with Crippen molar-refractivity contribution >= 4 is 17.3 Å². The second-order valence-corrected chi connectivity index (χ2v) is 5.47. The van der Waals surface area contributed by atoms with Crippen LogP contribution in [0.3, 0.4) is 0 Å². The fourth-order valence-corrected chi connectivity index (χ4v) is 2.39. The van der Waals surface area contributed by atoms with Gasteiger partial charge in [-0.05, 0) is 32.4 Å². The fraction of sp³-hybridized carbons (Fsp3) is 0.533. The van der Waals surface area contributed by atoms with Gasteiger partial charge in [0.1, 0.15) is 11.4 Å². The molecule has 2 rings (SSSR count). The van der Waals surface area contributed by atoms with Gasteiger partial charge in [0.15, 0.2) is 5.60 Å². The predicted octanol–water partition coefficient (Wildman–Crippen LogP) is 2.96. The molecular formula is C15H22N2O2. The minimum atomic E-state index is -0.826. The summed E-state index contributed by atoms with van der Waals surface area (Å²) < 4.78 is 5.78. The minimum Gasteiger partial charge on any atom is -0.476 e. The second-order valence-electron chi connectivity index (χ2n) is 5.47. The van der Waals surface area contributed by atoms with Crippen LogP contribution in [0.1, 0.15) is 40.0 Å². The van der Waals surface area contributed by atoms with E-state index in [2.05, 4.69) is 6.92 Å². The number of para-hydroxylation sites is 1. The maximum Gasteiger partial charge on any atom is 0.270 e. The number of fused-ring (bicyclic) bond motifs is 1. The molecule has 19 heavy (non-hydrogen) atoms. The van der Waals surface area contributed by atoms with E-state index in [0.29, 0.717) is 18.0 Å². The Labute approximate surface area is 114 Å². The van der Waals surface area contributed by atoms with E-state index in [1.165, 1.54) is 0 Å². The molecule has 0 bridgehead atoms. The Bertz CT molecular complexity index is 483. The van der Waals surface area contributed by atoms with E-state index in [9.17, 15) is 4.79 Å². The molecule has 0 fully saturated rings. The van der Waals surface area contributed by atoms with Crippen LogP contribution in [0.4, 0.5) is 11.4 Å². The third-order valence-electron chi connectivity index (χ3n) is 3.41. The molecule has 2 N–H and O–H groups in total. The molecule has 0 unspecified atom stereocenters. The van der Waals surface area contributed by atoms with Crippen molar-refractivity contribution in [2.75, 3.05) is 17.2 Å². The van der Waals surface area contributed by atoms with Crippen LogP contribution in [0.5, 0.6) is 5.75 Å². The number of benzene rings is 1. The first-order valence-corrected chi connectivity index (χ1v) is 6.87. The maximum absolute atomic E-state index is 12.5. The Morgan fingerprint density at radius 2 is 2.05 bits per heavy atom. The number of anilines is 2. The van der Waals surface area contributed by atoms with Crippen LogP contribution in [0, 0.1) is 0 Å². The molecule has 0 radical (unpaired) electrons. The third-order valence-corrected chi connectivity index (χ3v) is 3.41. The molecule has 0 atom stereocenters. The number of carbonyl (C=O) groups is 1. The number of ether oxygens (including phenoxy) is 1. The average molecular weight is 262 g/mol. The highest BCUT2D eigenvalue weighted by Crippen LogP contribution is 2.41. The van der Waals surface area contributed by atoms with Crippen LogP contribution in [0.2, 0.25) is 0 Å². The number of nitrogens with zero attached hydrogens (tertiary/aromatic N) is 1. The van der Waals surface area contributed by atoms with Gasteiger partial charge in [-0.3, -0.25) is 4.79 Å². The summed E-state index contributed by atoms with van der Waals surface area (Å²) in [6, 6.07) is 5.53. The van der Waals surface area contributed by atoms with Crippen molar-refractivity contribution in [3.63, 3.8) is 0 Å². The summed E-state index contributed by atoms with van der Waals surface area (Å²) in [6.07, 6.45) is 3.21. The SMILES string of the molecule is CCCCCN1C(=O)C(C)(C)Oc2cccc(N)c21. The van der Waals surface area contributed by atoms with Crippen molar-refractivity contribution in [1.29, 1.82) is 0 Å². The number of amides is 1. The van der Waals surface area contributed by atoms with Gasteiger partial charge in [-0.2, -0.15) is 0 Å². The Balaban J connectivity index is 2.37. The molecule has 1 aliphatic heterocycles. The summed E-state index contributed by atoms with van der Waals surface area (Å²) in [5, 5.41) is 0. The number of rotatable bonds is 4. The molecule has 0 saturated heterocycles. The Morgan fingerprint density at radius 1 is 1.32 bits per heavy atom. The zero-order valence-electron chi connectivity index (χ0n) is 11.9. The van der Waals surface area contributed by atoms with Crippen molar-refractivity contribution in [1.82, 2.24) is 0 Å². The zero-order chi connectivity index (χ0) is 14.0. The Hall–Kier alpha value is -1.71. The molecular weight excluding hydrogens is 240 g/mol. The molecule has 1 aliphatic rings.